The number of aromatic nitrogens is 3. The Labute approximate surface area is 134 Å². The van der Waals surface area contributed by atoms with E-state index in [9.17, 15) is 0 Å². The molecule has 0 atom stereocenters. The maximum Gasteiger partial charge on any atom is 0.218 e. The molecule has 0 spiro atoms. The Morgan fingerprint density at radius 3 is 2.65 bits per heavy atom. The summed E-state index contributed by atoms with van der Waals surface area (Å²) in [6, 6.07) is 13.7. The Hall–Kier alpha value is -2.44. The second kappa shape index (κ2) is 7.71. The van der Waals surface area contributed by atoms with Gasteiger partial charge in [-0.05, 0) is 0 Å². The Morgan fingerprint density at radius 1 is 1.00 bits per heavy atom. The van der Waals surface area contributed by atoms with Gasteiger partial charge >= 0.3 is 0 Å². The lowest BCUT2D eigenvalue weighted by atomic mass is 10.1. The van der Waals surface area contributed by atoms with Gasteiger partial charge in [-0.3, -0.25) is 0 Å². The van der Waals surface area contributed by atoms with Crippen LogP contribution in [0.4, 0.5) is 0 Å². The molecule has 0 radical (unpaired) electrons. The van der Waals surface area contributed by atoms with Crippen LogP contribution >= 0.6 is 0 Å². The molecule has 3 aromatic rings. The topological polar surface area (TPSA) is 57.9 Å². The summed E-state index contributed by atoms with van der Waals surface area (Å²) >= 11 is 0. The molecule has 6 heteroatoms. The van der Waals surface area contributed by atoms with Crippen molar-refractivity contribution < 1.29 is 14.2 Å². The first-order chi connectivity index (χ1) is 11.4. The Balaban J connectivity index is 1.75. The summed E-state index contributed by atoms with van der Waals surface area (Å²) in [5, 5.41) is 4.25. The van der Waals surface area contributed by atoms with Crippen molar-refractivity contribution in [3.63, 3.8) is 0 Å². The van der Waals surface area contributed by atoms with E-state index in [1.165, 1.54) is 0 Å². The highest BCUT2D eigenvalue weighted by Gasteiger charge is 2.09. The molecule has 0 N–H and O–H groups in total. The minimum Gasteiger partial charge on any atom is -0.475 e. The minimum absolute atomic E-state index is 0.441. The van der Waals surface area contributed by atoms with Gasteiger partial charge in [-0.1, -0.05) is 30.3 Å². The van der Waals surface area contributed by atoms with E-state index >= 15 is 0 Å². The van der Waals surface area contributed by atoms with E-state index in [0.717, 1.165) is 16.9 Å². The van der Waals surface area contributed by atoms with Crippen LogP contribution in [0.2, 0.25) is 0 Å². The average Bonchev–Trinajstić information content (AvgIpc) is 3.07. The lowest BCUT2D eigenvalue weighted by Gasteiger charge is -2.10. The van der Waals surface area contributed by atoms with E-state index in [-0.39, 0.29) is 0 Å². The average molecular weight is 313 g/mol. The van der Waals surface area contributed by atoms with Gasteiger partial charge in [0.1, 0.15) is 6.61 Å². The molecular formula is C17H19N3O3. The molecule has 120 valence electrons. The van der Waals surface area contributed by atoms with Crippen molar-refractivity contribution in [3.05, 3.63) is 48.7 Å². The zero-order valence-electron chi connectivity index (χ0n) is 13.0. The summed E-state index contributed by atoms with van der Waals surface area (Å²) in [5.41, 5.74) is 2.65. The maximum atomic E-state index is 5.81. The Kier molecular flexibility index (Phi) is 5.18. The quantitative estimate of drug-likeness (QED) is 0.598. The van der Waals surface area contributed by atoms with E-state index in [2.05, 4.69) is 10.1 Å². The van der Waals surface area contributed by atoms with E-state index in [0.29, 0.717) is 32.3 Å². The molecular weight excluding hydrogens is 294 g/mol. The largest absolute Gasteiger partial charge is 0.475 e. The summed E-state index contributed by atoms with van der Waals surface area (Å²) in [6.07, 6.45) is 1.71. The maximum absolute atomic E-state index is 5.81. The molecule has 6 nitrogen and oxygen atoms in total. The molecule has 0 saturated heterocycles. The molecule has 2 heterocycles. The number of methoxy groups -OCH3 is 1. The van der Waals surface area contributed by atoms with Crippen molar-refractivity contribution in [2.75, 3.05) is 33.5 Å². The van der Waals surface area contributed by atoms with Crippen LogP contribution in [0.25, 0.3) is 16.9 Å². The highest BCUT2D eigenvalue weighted by molar-refractivity contribution is 5.63. The third kappa shape index (κ3) is 3.85. The fourth-order valence-electron chi connectivity index (χ4n) is 2.19. The van der Waals surface area contributed by atoms with Crippen molar-refractivity contribution in [1.29, 1.82) is 0 Å². The van der Waals surface area contributed by atoms with Crippen molar-refractivity contribution in [3.8, 4) is 17.1 Å². The van der Waals surface area contributed by atoms with Crippen LogP contribution in [-0.4, -0.2) is 48.1 Å². The molecule has 0 unspecified atom stereocenters. The molecule has 0 amide bonds. The first-order valence-electron chi connectivity index (χ1n) is 7.48. The molecule has 23 heavy (non-hydrogen) atoms. The van der Waals surface area contributed by atoms with Gasteiger partial charge in [-0.25, -0.2) is 4.98 Å². The number of benzene rings is 1. The summed E-state index contributed by atoms with van der Waals surface area (Å²) in [5.74, 6) is 0.647. The van der Waals surface area contributed by atoms with E-state index < -0.39 is 0 Å². The molecule has 0 aliphatic carbocycles. The van der Waals surface area contributed by atoms with Gasteiger partial charge in [0.05, 0.1) is 31.7 Å². The molecule has 0 saturated carbocycles. The van der Waals surface area contributed by atoms with Crippen molar-refractivity contribution in [1.82, 2.24) is 14.6 Å². The molecule has 0 bridgehead atoms. The highest BCUT2D eigenvalue weighted by atomic mass is 16.5. The van der Waals surface area contributed by atoms with Gasteiger partial charge in [0.2, 0.25) is 5.88 Å². The first-order valence-corrected chi connectivity index (χ1v) is 7.48. The normalized spacial score (nSPS) is 11.0. The number of fused-ring (bicyclic) bond motifs is 1. The number of nitrogens with zero attached hydrogens (tertiary/aromatic N) is 3. The predicted molar refractivity (Wildman–Crippen MR) is 86.6 cm³/mol. The van der Waals surface area contributed by atoms with Crippen LogP contribution in [0.5, 0.6) is 5.88 Å². The first kappa shape index (κ1) is 15.5. The van der Waals surface area contributed by atoms with Crippen LogP contribution in [0.1, 0.15) is 0 Å². The lowest BCUT2D eigenvalue weighted by Crippen LogP contribution is -2.12. The molecule has 0 aliphatic heterocycles. The zero-order valence-corrected chi connectivity index (χ0v) is 13.0. The number of hydrogen-bond donors (Lipinski definition) is 0. The second-order valence-corrected chi connectivity index (χ2v) is 4.90. The van der Waals surface area contributed by atoms with E-state index in [4.69, 9.17) is 14.2 Å². The molecule has 0 aliphatic rings. The third-order valence-corrected chi connectivity index (χ3v) is 3.31. The summed E-state index contributed by atoms with van der Waals surface area (Å²) in [4.78, 5) is 4.61. The lowest BCUT2D eigenvalue weighted by molar-refractivity contribution is 0.0533. The Morgan fingerprint density at radius 2 is 1.83 bits per heavy atom. The van der Waals surface area contributed by atoms with Crippen molar-refractivity contribution in [2.45, 2.75) is 0 Å². The minimum atomic E-state index is 0.441. The molecule has 0 fully saturated rings. The van der Waals surface area contributed by atoms with E-state index in [1.807, 2.05) is 42.5 Å². The van der Waals surface area contributed by atoms with Crippen molar-refractivity contribution >= 4 is 5.65 Å². The zero-order chi connectivity index (χ0) is 15.9. The monoisotopic (exact) mass is 313 g/mol. The van der Waals surface area contributed by atoms with Crippen LogP contribution in [0.3, 0.4) is 0 Å². The molecule has 3 rings (SSSR count). The van der Waals surface area contributed by atoms with Crippen LogP contribution in [0, 0.1) is 0 Å². The fourth-order valence-corrected chi connectivity index (χ4v) is 2.19. The van der Waals surface area contributed by atoms with Crippen LogP contribution in [-0.2, 0) is 9.47 Å². The standard InChI is InChI=1S/C17H19N3O3/c1-21-9-10-22-11-12-23-17-13-15(14-5-3-2-4-6-14)19-16-7-8-18-20(16)17/h2-8,13H,9-12H2,1H3. The highest BCUT2D eigenvalue weighted by Crippen LogP contribution is 2.23. The number of rotatable bonds is 8. The fraction of sp³-hybridized carbons (Fsp3) is 0.294. The summed E-state index contributed by atoms with van der Waals surface area (Å²) in [6.45, 7) is 2.07. The van der Waals surface area contributed by atoms with Crippen LogP contribution < -0.4 is 4.74 Å². The van der Waals surface area contributed by atoms with Gasteiger partial charge in [0, 0.05) is 24.8 Å². The van der Waals surface area contributed by atoms with Gasteiger partial charge in [-0.2, -0.15) is 9.61 Å². The molecule has 2 aromatic heterocycles. The third-order valence-electron chi connectivity index (χ3n) is 3.31. The van der Waals surface area contributed by atoms with Crippen molar-refractivity contribution in [2.24, 2.45) is 0 Å². The summed E-state index contributed by atoms with van der Waals surface area (Å²) in [7, 11) is 1.65. The Bertz CT molecular complexity index is 743. The van der Waals surface area contributed by atoms with Crippen LogP contribution in [0.15, 0.2) is 48.7 Å². The second-order valence-electron chi connectivity index (χ2n) is 4.90. The van der Waals surface area contributed by atoms with Gasteiger partial charge in [0.25, 0.3) is 0 Å². The SMILES string of the molecule is COCCOCCOc1cc(-c2ccccc2)nc2ccnn12. The van der Waals surface area contributed by atoms with E-state index in [1.54, 1.807) is 17.8 Å². The van der Waals surface area contributed by atoms with Gasteiger partial charge < -0.3 is 14.2 Å². The molecule has 1 aromatic carbocycles. The predicted octanol–water partition coefficient (Wildman–Crippen LogP) is 2.44. The van der Waals surface area contributed by atoms with Gasteiger partial charge in [0.15, 0.2) is 5.65 Å². The summed E-state index contributed by atoms with van der Waals surface area (Å²) < 4.78 is 17.8. The van der Waals surface area contributed by atoms with Gasteiger partial charge in [-0.15, -0.1) is 0 Å². The number of ether oxygens (including phenoxy) is 3. The smallest absolute Gasteiger partial charge is 0.218 e. The number of hydrogen-bond acceptors (Lipinski definition) is 5.